The van der Waals surface area contributed by atoms with Gasteiger partial charge in [0, 0.05) is 34.3 Å². The highest BCUT2D eigenvalue weighted by Crippen LogP contribution is 2.35. The third-order valence-corrected chi connectivity index (χ3v) is 3.20. The SMILES string of the molecule is CNCc1cc(Cl)ccc1Oc1cc(Cl)ccc1[N+](=O)[O-]. The first kappa shape index (κ1) is 15.6. The molecule has 2 aromatic rings. The Balaban J connectivity index is 2.42. The van der Waals surface area contributed by atoms with E-state index in [0.29, 0.717) is 22.3 Å². The van der Waals surface area contributed by atoms with E-state index in [4.69, 9.17) is 27.9 Å². The van der Waals surface area contributed by atoms with Crippen molar-refractivity contribution in [3.63, 3.8) is 0 Å². The van der Waals surface area contributed by atoms with Crippen molar-refractivity contribution in [2.45, 2.75) is 6.54 Å². The largest absolute Gasteiger partial charge is 0.450 e. The van der Waals surface area contributed by atoms with Gasteiger partial charge in [0.25, 0.3) is 0 Å². The van der Waals surface area contributed by atoms with E-state index in [-0.39, 0.29) is 11.4 Å². The number of nitrogens with one attached hydrogen (secondary N) is 1. The molecular formula is C14H12Cl2N2O3. The lowest BCUT2D eigenvalue weighted by Gasteiger charge is -2.12. The Morgan fingerprint density at radius 1 is 1.14 bits per heavy atom. The minimum atomic E-state index is -0.515. The molecule has 2 rings (SSSR count). The number of nitro benzene ring substituents is 1. The predicted molar refractivity (Wildman–Crippen MR) is 82.4 cm³/mol. The lowest BCUT2D eigenvalue weighted by atomic mass is 10.2. The van der Waals surface area contributed by atoms with Crippen LogP contribution in [0.25, 0.3) is 0 Å². The van der Waals surface area contributed by atoms with Crippen molar-refractivity contribution in [3.8, 4) is 11.5 Å². The second-order valence-electron chi connectivity index (χ2n) is 4.25. The van der Waals surface area contributed by atoms with Crippen LogP contribution in [0.15, 0.2) is 36.4 Å². The van der Waals surface area contributed by atoms with Gasteiger partial charge in [-0.25, -0.2) is 0 Å². The molecule has 0 unspecified atom stereocenters. The second-order valence-corrected chi connectivity index (χ2v) is 5.13. The van der Waals surface area contributed by atoms with Crippen LogP contribution >= 0.6 is 23.2 Å². The van der Waals surface area contributed by atoms with Crippen LogP contribution in [0, 0.1) is 10.1 Å². The first-order chi connectivity index (χ1) is 10.0. The summed E-state index contributed by atoms with van der Waals surface area (Å²) in [5.41, 5.74) is 0.643. The van der Waals surface area contributed by atoms with Gasteiger partial charge in [0.1, 0.15) is 5.75 Å². The van der Waals surface area contributed by atoms with Gasteiger partial charge in [0.2, 0.25) is 5.75 Å². The van der Waals surface area contributed by atoms with Gasteiger partial charge in [0.05, 0.1) is 4.92 Å². The first-order valence-electron chi connectivity index (χ1n) is 6.06. The zero-order valence-corrected chi connectivity index (χ0v) is 12.6. The number of hydrogen-bond donors (Lipinski definition) is 1. The van der Waals surface area contributed by atoms with Gasteiger partial charge < -0.3 is 10.1 Å². The van der Waals surface area contributed by atoms with Crippen molar-refractivity contribution in [1.82, 2.24) is 5.32 Å². The lowest BCUT2D eigenvalue weighted by Crippen LogP contribution is -2.06. The minimum absolute atomic E-state index is 0.0900. The molecule has 0 aliphatic carbocycles. The topological polar surface area (TPSA) is 64.4 Å². The molecule has 0 saturated carbocycles. The fraction of sp³-hybridized carbons (Fsp3) is 0.143. The molecule has 0 spiro atoms. The molecule has 0 bridgehead atoms. The molecule has 0 heterocycles. The predicted octanol–water partition coefficient (Wildman–Crippen LogP) is 4.41. The molecule has 110 valence electrons. The maximum Gasteiger partial charge on any atom is 0.311 e. The summed E-state index contributed by atoms with van der Waals surface area (Å²) in [5.74, 6) is 0.575. The summed E-state index contributed by atoms with van der Waals surface area (Å²) in [7, 11) is 1.78. The monoisotopic (exact) mass is 326 g/mol. The minimum Gasteiger partial charge on any atom is -0.450 e. The summed E-state index contributed by atoms with van der Waals surface area (Å²) in [4.78, 5) is 10.5. The summed E-state index contributed by atoms with van der Waals surface area (Å²) in [5, 5.41) is 14.9. The molecule has 0 aromatic heterocycles. The summed E-state index contributed by atoms with van der Waals surface area (Å²) >= 11 is 11.8. The maximum absolute atomic E-state index is 11.0. The molecular weight excluding hydrogens is 315 g/mol. The standard InChI is InChI=1S/C14H12Cl2N2O3/c1-17-8-9-6-10(15)3-5-13(9)21-14-7-11(16)2-4-12(14)18(19)20/h2-7,17H,8H2,1H3. The highest BCUT2D eigenvalue weighted by molar-refractivity contribution is 6.31. The summed E-state index contributed by atoms with van der Waals surface area (Å²) in [6.07, 6.45) is 0. The van der Waals surface area contributed by atoms with Gasteiger partial charge in [-0.1, -0.05) is 23.2 Å². The third-order valence-electron chi connectivity index (χ3n) is 2.73. The molecule has 2 aromatic carbocycles. The molecule has 0 aliphatic rings. The number of rotatable bonds is 5. The molecule has 0 amide bonds. The average molecular weight is 327 g/mol. The van der Waals surface area contributed by atoms with Crippen LogP contribution in [0.3, 0.4) is 0 Å². The van der Waals surface area contributed by atoms with Crippen molar-refractivity contribution in [2.75, 3.05) is 7.05 Å². The van der Waals surface area contributed by atoms with Crippen LogP contribution in [0.5, 0.6) is 11.5 Å². The first-order valence-corrected chi connectivity index (χ1v) is 6.81. The van der Waals surface area contributed by atoms with Crippen LogP contribution in [-0.4, -0.2) is 12.0 Å². The Morgan fingerprint density at radius 2 is 1.81 bits per heavy atom. The smallest absolute Gasteiger partial charge is 0.311 e. The van der Waals surface area contributed by atoms with E-state index >= 15 is 0 Å². The Kier molecular flexibility index (Phi) is 5.01. The Bertz CT molecular complexity index is 677. The molecule has 0 atom stereocenters. The van der Waals surface area contributed by atoms with E-state index in [1.54, 1.807) is 25.2 Å². The van der Waals surface area contributed by atoms with Gasteiger partial charge >= 0.3 is 5.69 Å². The molecule has 0 fully saturated rings. The van der Waals surface area contributed by atoms with E-state index < -0.39 is 4.92 Å². The number of hydrogen-bond acceptors (Lipinski definition) is 4. The summed E-state index contributed by atoms with van der Waals surface area (Å²) in [6, 6.07) is 9.24. The van der Waals surface area contributed by atoms with Crippen molar-refractivity contribution in [3.05, 3.63) is 62.1 Å². The fourth-order valence-corrected chi connectivity index (χ4v) is 2.17. The van der Waals surface area contributed by atoms with Crippen LogP contribution in [0.4, 0.5) is 5.69 Å². The van der Waals surface area contributed by atoms with E-state index in [1.807, 2.05) is 0 Å². The van der Waals surface area contributed by atoms with E-state index in [2.05, 4.69) is 5.32 Å². The molecule has 5 nitrogen and oxygen atoms in total. The Morgan fingerprint density at radius 3 is 2.48 bits per heavy atom. The molecule has 0 aliphatic heterocycles. The molecule has 0 saturated heterocycles. The van der Waals surface area contributed by atoms with Crippen LogP contribution in [-0.2, 0) is 6.54 Å². The van der Waals surface area contributed by atoms with E-state index in [9.17, 15) is 10.1 Å². The second kappa shape index (κ2) is 6.76. The normalized spacial score (nSPS) is 10.4. The Hall–Kier alpha value is -1.82. The van der Waals surface area contributed by atoms with Crippen molar-refractivity contribution < 1.29 is 9.66 Å². The molecule has 1 N–H and O–H groups in total. The van der Waals surface area contributed by atoms with Gasteiger partial charge in [0.15, 0.2) is 0 Å². The van der Waals surface area contributed by atoms with Crippen molar-refractivity contribution in [2.24, 2.45) is 0 Å². The zero-order valence-electron chi connectivity index (χ0n) is 11.1. The number of halogens is 2. The average Bonchev–Trinajstić information content (AvgIpc) is 2.42. The van der Waals surface area contributed by atoms with Crippen molar-refractivity contribution >= 4 is 28.9 Å². The number of nitro groups is 1. The van der Waals surface area contributed by atoms with Gasteiger partial charge in [-0.2, -0.15) is 0 Å². The number of benzene rings is 2. The zero-order chi connectivity index (χ0) is 15.4. The molecule has 7 heteroatoms. The quantitative estimate of drug-likeness (QED) is 0.652. The van der Waals surface area contributed by atoms with Gasteiger partial charge in [-0.15, -0.1) is 0 Å². The summed E-state index contributed by atoms with van der Waals surface area (Å²) in [6.45, 7) is 0.518. The van der Waals surface area contributed by atoms with E-state index in [1.165, 1.54) is 18.2 Å². The number of ether oxygens (including phenoxy) is 1. The maximum atomic E-state index is 11.0. The van der Waals surface area contributed by atoms with Crippen LogP contribution < -0.4 is 10.1 Å². The fourth-order valence-electron chi connectivity index (χ4n) is 1.82. The highest BCUT2D eigenvalue weighted by atomic mass is 35.5. The van der Waals surface area contributed by atoms with E-state index in [0.717, 1.165) is 5.56 Å². The number of nitrogens with zero attached hydrogens (tertiary/aromatic N) is 1. The summed E-state index contributed by atoms with van der Waals surface area (Å²) < 4.78 is 5.67. The van der Waals surface area contributed by atoms with Gasteiger partial charge in [-0.05, 0) is 31.3 Å². The lowest BCUT2D eigenvalue weighted by molar-refractivity contribution is -0.385. The van der Waals surface area contributed by atoms with Gasteiger partial charge in [-0.3, -0.25) is 10.1 Å². The highest BCUT2D eigenvalue weighted by Gasteiger charge is 2.17. The van der Waals surface area contributed by atoms with Crippen molar-refractivity contribution in [1.29, 1.82) is 0 Å². The van der Waals surface area contributed by atoms with Crippen LogP contribution in [0.1, 0.15) is 5.56 Å². The molecule has 21 heavy (non-hydrogen) atoms. The van der Waals surface area contributed by atoms with Crippen LogP contribution in [0.2, 0.25) is 10.0 Å². The Labute approximate surface area is 131 Å². The third kappa shape index (κ3) is 3.85. The molecule has 0 radical (unpaired) electrons.